The van der Waals surface area contributed by atoms with Gasteiger partial charge in [0.1, 0.15) is 18.3 Å². The second kappa shape index (κ2) is 13.7. The largest absolute Gasteiger partial charge is 0.492 e. The van der Waals surface area contributed by atoms with Gasteiger partial charge in [-0.05, 0) is 74.9 Å². The molecule has 1 atom stereocenters. The molecule has 0 saturated carbocycles. The first-order chi connectivity index (χ1) is 18.6. The molecule has 0 saturated heterocycles. The van der Waals surface area contributed by atoms with Crippen LogP contribution in [0, 0.1) is 0 Å². The number of benzene rings is 3. The monoisotopic (exact) mass is 591 g/mol. The van der Waals surface area contributed by atoms with Gasteiger partial charge in [0.2, 0.25) is 11.8 Å². The van der Waals surface area contributed by atoms with E-state index in [0.29, 0.717) is 27.9 Å². The van der Waals surface area contributed by atoms with Crippen molar-refractivity contribution in [3.8, 4) is 5.75 Å². The predicted octanol–water partition coefficient (Wildman–Crippen LogP) is 5.14. The van der Waals surface area contributed by atoms with Crippen LogP contribution in [0.2, 0.25) is 10.0 Å². The number of nitrogens with zero attached hydrogens (tertiary/aromatic N) is 2. The number of hydrogen-bond acceptors (Lipinski definition) is 5. The van der Waals surface area contributed by atoms with E-state index in [-0.39, 0.29) is 29.6 Å². The van der Waals surface area contributed by atoms with Crippen LogP contribution in [-0.4, -0.2) is 50.9 Å². The van der Waals surface area contributed by atoms with Gasteiger partial charge >= 0.3 is 0 Å². The molecule has 11 heteroatoms. The molecule has 2 amide bonds. The molecule has 0 aromatic heterocycles. The zero-order valence-corrected chi connectivity index (χ0v) is 24.3. The van der Waals surface area contributed by atoms with Crippen molar-refractivity contribution in [1.29, 1.82) is 0 Å². The molecule has 3 rings (SSSR count). The van der Waals surface area contributed by atoms with Gasteiger partial charge in [-0.3, -0.25) is 13.9 Å². The third-order valence-corrected chi connectivity index (χ3v) is 8.14. The van der Waals surface area contributed by atoms with Gasteiger partial charge in [-0.1, -0.05) is 47.5 Å². The lowest BCUT2D eigenvalue weighted by Gasteiger charge is -2.32. The Kier molecular flexibility index (Phi) is 10.6. The first-order valence-electron chi connectivity index (χ1n) is 12.4. The third-order valence-electron chi connectivity index (χ3n) is 5.87. The van der Waals surface area contributed by atoms with Crippen LogP contribution in [0.1, 0.15) is 26.3 Å². The maximum Gasteiger partial charge on any atom is 0.264 e. The minimum absolute atomic E-state index is 0.0413. The zero-order valence-electron chi connectivity index (χ0n) is 21.9. The van der Waals surface area contributed by atoms with Crippen molar-refractivity contribution in [3.63, 3.8) is 0 Å². The molecule has 0 bridgehead atoms. The molecular formula is C28H31Cl2N3O5S. The Hall–Kier alpha value is -3.27. The summed E-state index contributed by atoms with van der Waals surface area (Å²) in [7, 11) is -4.25. The summed E-state index contributed by atoms with van der Waals surface area (Å²) in [5.41, 5.74) is 0.879. The molecule has 3 aromatic rings. The Labute approximate surface area is 239 Å². The van der Waals surface area contributed by atoms with Crippen LogP contribution >= 0.6 is 23.2 Å². The summed E-state index contributed by atoms with van der Waals surface area (Å²) in [5, 5.41) is 3.57. The van der Waals surface area contributed by atoms with Crippen LogP contribution in [0.4, 0.5) is 5.69 Å². The Morgan fingerprint density at radius 1 is 0.949 bits per heavy atom. The minimum Gasteiger partial charge on any atom is -0.492 e. The van der Waals surface area contributed by atoms with E-state index in [1.165, 1.54) is 29.2 Å². The summed E-state index contributed by atoms with van der Waals surface area (Å²) in [6.45, 7) is 5.27. The number of likely N-dealkylation sites (N-methyl/N-ethyl adjacent to an activating group) is 1. The maximum atomic E-state index is 13.9. The summed E-state index contributed by atoms with van der Waals surface area (Å²) >= 11 is 12.1. The second-order valence-electron chi connectivity index (χ2n) is 8.59. The number of para-hydroxylation sites is 2. The summed E-state index contributed by atoms with van der Waals surface area (Å²) in [5.74, 6) is -0.657. The van der Waals surface area contributed by atoms with E-state index in [1.54, 1.807) is 69.3 Å². The Morgan fingerprint density at radius 2 is 1.64 bits per heavy atom. The lowest BCUT2D eigenvalue weighted by Crippen LogP contribution is -2.51. The highest BCUT2D eigenvalue weighted by Gasteiger charge is 2.33. The predicted molar refractivity (Wildman–Crippen MR) is 154 cm³/mol. The average Bonchev–Trinajstić information content (AvgIpc) is 2.91. The number of carbonyl (C=O) groups excluding carboxylic acids is 2. The number of amides is 2. The number of carbonyl (C=O) groups is 2. The van der Waals surface area contributed by atoms with Crippen LogP contribution in [0.15, 0.2) is 77.7 Å². The minimum atomic E-state index is -4.25. The normalized spacial score (nSPS) is 11.9. The lowest BCUT2D eigenvalue weighted by atomic mass is 10.1. The van der Waals surface area contributed by atoms with Crippen molar-refractivity contribution in [3.05, 3.63) is 88.4 Å². The number of ether oxygens (including phenoxy) is 1. The Bertz CT molecular complexity index is 1400. The fourth-order valence-corrected chi connectivity index (χ4v) is 5.69. The van der Waals surface area contributed by atoms with Crippen LogP contribution < -0.4 is 14.4 Å². The highest BCUT2D eigenvalue weighted by Crippen LogP contribution is 2.33. The SMILES string of the molecule is CCNC(=O)[C@@H](C)N(Cc1cccc(Cl)c1)C(=O)CN(c1ccccc1OCC)S(=O)(=O)c1ccc(Cl)cc1. The first-order valence-corrected chi connectivity index (χ1v) is 14.6. The fraction of sp³-hybridized carbons (Fsp3) is 0.286. The van der Waals surface area contributed by atoms with Crippen molar-refractivity contribution in [1.82, 2.24) is 10.2 Å². The molecule has 0 aliphatic carbocycles. The number of halogens is 2. The number of anilines is 1. The van der Waals surface area contributed by atoms with Gasteiger partial charge in [0, 0.05) is 23.1 Å². The van der Waals surface area contributed by atoms with Gasteiger partial charge in [0.05, 0.1) is 17.2 Å². The molecule has 0 aliphatic rings. The van der Waals surface area contributed by atoms with Crippen LogP contribution in [0.5, 0.6) is 5.75 Å². The molecular weight excluding hydrogens is 561 g/mol. The fourth-order valence-electron chi connectivity index (χ4n) is 3.92. The van der Waals surface area contributed by atoms with Gasteiger partial charge in [0.25, 0.3) is 10.0 Å². The number of hydrogen-bond donors (Lipinski definition) is 1. The van der Waals surface area contributed by atoms with E-state index in [1.807, 2.05) is 0 Å². The van der Waals surface area contributed by atoms with Crippen molar-refractivity contribution in [2.45, 2.75) is 38.3 Å². The molecule has 3 aromatic carbocycles. The van der Waals surface area contributed by atoms with Gasteiger partial charge in [-0.15, -0.1) is 0 Å². The average molecular weight is 593 g/mol. The van der Waals surface area contributed by atoms with Gasteiger partial charge < -0.3 is 15.0 Å². The van der Waals surface area contributed by atoms with Gasteiger partial charge in [0.15, 0.2) is 0 Å². The van der Waals surface area contributed by atoms with Crippen molar-refractivity contribution in [2.75, 3.05) is 24.0 Å². The quantitative estimate of drug-likeness (QED) is 0.314. The van der Waals surface area contributed by atoms with Crippen molar-refractivity contribution < 1.29 is 22.7 Å². The summed E-state index contributed by atoms with van der Waals surface area (Å²) in [6, 6.07) is 18.3. The second-order valence-corrected chi connectivity index (χ2v) is 11.3. The topological polar surface area (TPSA) is 96.0 Å². The molecule has 0 aliphatic heterocycles. The van der Waals surface area contributed by atoms with E-state index in [2.05, 4.69) is 5.32 Å². The first kappa shape index (κ1) is 30.3. The lowest BCUT2D eigenvalue weighted by molar-refractivity contribution is -0.139. The summed E-state index contributed by atoms with van der Waals surface area (Å²) in [6.07, 6.45) is 0. The molecule has 0 fully saturated rings. The molecule has 39 heavy (non-hydrogen) atoms. The van der Waals surface area contributed by atoms with Crippen LogP contribution in [0.3, 0.4) is 0 Å². The van der Waals surface area contributed by atoms with Crippen LogP contribution in [0.25, 0.3) is 0 Å². The summed E-state index contributed by atoms with van der Waals surface area (Å²) < 4.78 is 34.6. The van der Waals surface area contributed by atoms with Gasteiger partial charge in [-0.25, -0.2) is 8.42 Å². The van der Waals surface area contributed by atoms with E-state index in [9.17, 15) is 18.0 Å². The van der Waals surface area contributed by atoms with Gasteiger partial charge in [-0.2, -0.15) is 0 Å². The highest BCUT2D eigenvalue weighted by atomic mass is 35.5. The maximum absolute atomic E-state index is 13.9. The molecule has 0 heterocycles. The molecule has 0 radical (unpaired) electrons. The third kappa shape index (κ3) is 7.65. The van der Waals surface area contributed by atoms with Crippen molar-refractivity contribution >= 4 is 50.7 Å². The van der Waals surface area contributed by atoms with Crippen molar-refractivity contribution in [2.24, 2.45) is 0 Å². The standard InChI is InChI=1S/C28H31Cl2N3O5S/c1-4-31-28(35)20(3)32(18-21-9-8-10-23(30)17-21)27(34)19-33(25-11-6-7-12-26(25)38-5-2)39(36,37)24-15-13-22(29)14-16-24/h6-17,20H,4-5,18-19H2,1-3H3,(H,31,35)/t20-/m1/s1. The van der Waals surface area contributed by atoms with E-state index in [4.69, 9.17) is 27.9 Å². The molecule has 1 N–H and O–H groups in total. The number of rotatable bonds is 12. The van der Waals surface area contributed by atoms with E-state index < -0.39 is 28.5 Å². The molecule has 208 valence electrons. The highest BCUT2D eigenvalue weighted by molar-refractivity contribution is 7.92. The zero-order chi connectivity index (χ0) is 28.6. The van der Waals surface area contributed by atoms with Crippen LogP contribution in [-0.2, 0) is 26.2 Å². The molecule has 8 nitrogen and oxygen atoms in total. The number of sulfonamides is 1. The Balaban J connectivity index is 2.08. The smallest absolute Gasteiger partial charge is 0.264 e. The molecule has 0 unspecified atom stereocenters. The number of nitrogens with one attached hydrogen (secondary N) is 1. The molecule has 0 spiro atoms. The Morgan fingerprint density at radius 3 is 2.28 bits per heavy atom. The van der Waals surface area contributed by atoms with E-state index >= 15 is 0 Å². The summed E-state index contributed by atoms with van der Waals surface area (Å²) in [4.78, 5) is 28.0. The van der Waals surface area contributed by atoms with E-state index in [0.717, 1.165) is 4.31 Å².